The highest BCUT2D eigenvalue weighted by Gasteiger charge is 2.24. The van der Waals surface area contributed by atoms with Gasteiger partial charge in [-0.15, -0.1) is 24.0 Å². The smallest absolute Gasteiger partial charge is 0.193 e. The molecule has 24 heavy (non-hydrogen) atoms. The summed E-state index contributed by atoms with van der Waals surface area (Å²) in [7, 11) is 0. The Balaban J connectivity index is 0.00000288. The maximum Gasteiger partial charge on any atom is 0.193 e. The van der Waals surface area contributed by atoms with Gasteiger partial charge in [-0.2, -0.15) is 11.8 Å². The fraction of sp³-hybridized carbons (Fsp3) is 0.647. The van der Waals surface area contributed by atoms with Gasteiger partial charge in [0.25, 0.3) is 0 Å². The van der Waals surface area contributed by atoms with Gasteiger partial charge in [-0.25, -0.2) is 4.98 Å². The molecule has 1 N–H and O–H groups in total. The molecule has 2 heterocycles. The first-order chi connectivity index (χ1) is 11.1. The molecular formula is C17H28ClIN4S. The van der Waals surface area contributed by atoms with Gasteiger partial charge in [0.2, 0.25) is 0 Å². The average Bonchev–Trinajstić information content (AvgIpc) is 2.56. The van der Waals surface area contributed by atoms with E-state index in [0.29, 0.717) is 16.3 Å². The van der Waals surface area contributed by atoms with Crippen LogP contribution in [-0.4, -0.2) is 53.0 Å². The van der Waals surface area contributed by atoms with E-state index in [4.69, 9.17) is 16.6 Å². The highest BCUT2D eigenvalue weighted by Crippen LogP contribution is 2.24. The molecule has 7 heteroatoms. The van der Waals surface area contributed by atoms with E-state index >= 15 is 0 Å². The number of nitrogens with one attached hydrogen (secondary N) is 1. The fourth-order valence-corrected chi connectivity index (χ4v) is 3.95. The summed E-state index contributed by atoms with van der Waals surface area (Å²) in [5, 5.41) is 4.66. The first-order valence-electron chi connectivity index (χ1n) is 8.35. The average molecular weight is 483 g/mol. The molecule has 0 aromatic carbocycles. The van der Waals surface area contributed by atoms with E-state index in [1.165, 1.54) is 11.3 Å². The molecule has 1 aliphatic heterocycles. The number of halogens is 2. The Morgan fingerprint density at radius 1 is 1.50 bits per heavy atom. The second kappa shape index (κ2) is 11.4. The summed E-state index contributed by atoms with van der Waals surface area (Å²) < 4.78 is 0. The summed E-state index contributed by atoms with van der Waals surface area (Å²) in [5.41, 5.74) is 1.17. The zero-order chi connectivity index (χ0) is 16.7. The Bertz CT molecular complexity index is 510. The van der Waals surface area contributed by atoms with E-state index in [1.807, 2.05) is 18.3 Å². The maximum atomic E-state index is 5.82. The largest absolute Gasteiger partial charge is 0.357 e. The summed E-state index contributed by atoms with van der Waals surface area (Å²) in [4.78, 5) is 11.3. The van der Waals surface area contributed by atoms with Gasteiger partial charge >= 0.3 is 0 Å². The summed E-state index contributed by atoms with van der Waals surface area (Å²) in [5.74, 6) is 2.92. The van der Waals surface area contributed by atoms with Crippen LogP contribution in [0.3, 0.4) is 0 Å². The van der Waals surface area contributed by atoms with Crippen molar-refractivity contribution in [3.8, 4) is 0 Å². The molecule has 1 aromatic rings. The lowest BCUT2D eigenvalue weighted by molar-refractivity contribution is 0.381. The summed E-state index contributed by atoms with van der Waals surface area (Å²) in [6, 6.07) is 3.85. The molecule has 4 nitrogen and oxygen atoms in total. The number of rotatable bonds is 5. The van der Waals surface area contributed by atoms with Gasteiger partial charge in [0.1, 0.15) is 5.15 Å². The molecule has 1 aromatic heterocycles. The van der Waals surface area contributed by atoms with Crippen LogP contribution >= 0.6 is 47.3 Å². The zero-order valence-electron chi connectivity index (χ0n) is 14.7. The number of pyridine rings is 1. The van der Waals surface area contributed by atoms with Crippen molar-refractivity contribution in [2.45, 2.75) is 32.4 Å². The van der Waals surface area contributed by atoms with Gasteiger partial charge in [-0.05, 0) is 30.9 Å². The summed E-state index contributed by atoms with van der Waals surface area (Å²) in [6.45, 7) is 10.5. The van der Waals surface area contributed by atoms with Gasteiger partial charge in [0, 0.05) is 43.4 Å². The van der Waals surface area contributed by atoms with Crippen LogP contribution in [0.15, 0.2) is 23.3 Å². The van der Waals surface area contributed by atoms with E-state index in [9.17, 15) is 0 Å². The molecule has 1 saturated heterocycles. The lowest BCUT2D eigenvalue weighted by Crippen LogP contribution is -2.49. The molecular weight excluding hydrogens is 455 g/mol. The molecule has 1 fully saturated rings. The third-order valence-electron chi connectivity index (χ3n) is 3.92. The predicted octanol–water partition coefficient (Wildman–Crippen LogP) is 3.93. The van der Waals surface area contributed by atoms with Crippen LogP contribution in [-0.2, 0) is 6.42 Å². The highest BCUT2D eigenvalue weighted by atomic mass is 127. The number of aromatic nitrogens is 1. The molecule has 0 spiro atoms. The molecule has 0 saturated carbocycles. The standard InChI is InChI=1S/C17H27ClN4S.HI/c1-4-19-17(22-9-10-23-15(12-22)13(2)3)20-8-7-14-5-6-16(18)21-11-14;/h5-6,11,13,15H,4,7-10,12H2,1-3H3,(H,19,20);1H. The normalized spacial score (nSPS) is 18.5. The first kappa shape index (κ1) is 21.8. The topological polar surface area (TPSA) is 40.5 Å². The van der Waals surface area contributed by atoms with Crippen molar-refractivity contribution >= 4 is 53.3 Å². The number of aliphatic imine (C=N–C) groups is 1. The van der Waals surface area contributed by atoms with Crippen LogP contribution in [0.25, 0.3) is 0 Å². The van der Waals surface area contributed by atoms with Crippen LogP contribution in [0.2, 0.25) is 5.15 Å². The van der Waals surface area contributed by atoms with Crippen LogP contribution in [0.5, 0.6) is 0 Å². The third kappa shape index (κ3) is 6.96. The van der Waals surface area contributed by atoms with Crippen molar-refractivity contribution in [3.05, 3.63) is 29.0 Å². The highest BCUT2D eigenvalue weighted by molar-refractivity contribution is 14.0. The Morgan fingerprint density at radius 2 is 2.29 bits per heavy atom. The van der Waals surface area contributed by atoms with Crippen molar-refractivity contribution in [3.63, 3.8) is 0 Å². The van der Waals surface area contributed by atoms with Crippen LogP contribution in [0.1, 0.15) is 26.3 Å². The number of guanidine groups is 1. The minimum Gasteiger partial charge on any atom is -0.357 e. The number of hydrogen-bond donors (Lipinski definition) is 1. The van der Waals surface area contributed by atoms with Gasteiger partial charge in [-0.3, -0.25) is 4.99 Å². The van der Waals surface area contributed by atoms with Crippen molar-refractivity contribution < 1.29 is 0 Å². The van der Waals surface area contributed by atoms with Crippen molar-refractivity contribution in [1.29, 1.82) is 0 Å². The van der Waals surface area contributed by atoms with Crippen LogP contribution in [0.4, 0.5) is 0 Å². The second-order valence-electron chi connectivity index (χ2n) is 6.07. The summed E-state index contributed by atoms with van der Waals surface area (Å²) >= 11 is 7.91. The molecule has 0 amide bonds. The molecule has 1 atom stereocenters. The van der Waals surface area contributed by atoms with E-state index in [-0.39, 0.29) is 24.0 Å². The fourth-order valence-electron chi connectivity index (χ4n) is 2.54. The Morgan fingerprint density at radius 3 is 2.92 bits per heavy atom. The third-order valence-corrected chi connectivity index (χ3v) is 5.69. The van der Waals surface area contributed by atoms with Crippen LogP contribution in [0, 0.1) is 5.92 Å². The number of thioether (sulfide) groups is 1. The van der Waals surface area contributed by atoms with E-state index in [2.05, 4.69) is 47.7 Å². The molecule has 0 aliphatic carbocycles. The van der Waals surface area contributed by atoms with Gasteiger partial charge in [0.05, 0.1) is 0 Å². The molecule has 1 aliphatic rings. The van der Waals surface area contributed by atoms with Crippen molar-refractivity contribution in [1.82, 2.24) is 15.2 Å². The van der Waals surface area contributed by atoms with Crippen molar-refractivity contribution in [2.75, 3.05) is 31.9 Å². The Hall–Kier alpha value is -0.210. The number of nitrogens with zero attached hydrogens (tertiary/aromatic N) is 3. The van der Waals surface area contributed by atoms with Gasteiger partial charge in [0.15, 0.2) is 5.96 Å². The Kier molecular flexibility index (Phi) is 10.4. The van der Waals surface area contributed by atoms with Gasteiger partial charge in [-0.1, -0.05) is 31.5 Å². The van der Waals surface area contributed by atoms with Crippen molar-refractivity contribution in [2.24, 2.45) is 10.9 Å². The molecule has 1 unspecified atom stereocenters. The molecule has 0 bridgehead atoms. The molecule has 0 radical (unpaired) electrons. The molecule has 2 rings (SSSR count). The first-order valence-corrected chi connectivity index (χ1v) is 9.78. The van der Waals surface area contributed by atoms with E-state index in [0.717, 1.165) is 38.6 Å². The quantitative estimate of drug-likeness (QED) is 0.299. The lowest BCUT2D eigenvalue weighted by atomic mass is 10.1. The zero-order valence-corrected chi connectivity index (χ0v) is 18.6. The minimum atomic E-state index is 0. The molecule has 136 valence electrons. The number of hydrogen-bond acceptors (Lipinski definition) is 3. The predicted molar refractivity (Wildman–Crippen MR) is 117 cm³/mol. The SMILES string of the molecule is CCNC(=NCCc1ccc(Cl)nc1)N1CCSC(C(C)C)C1.I. The second-order valence-corrected chi connectivity index (χ2v) is 7.81. The maximum absolute atomic E-state index is 5.82. The van der Waals surface area contributed by atoms with E-state index < -0.39 is 0 Å². The Labute approximate surface area is 172 Å². The van der Waals surface area contributed by atoms with Gasteiger partial charge < -0.3 is 10.2 Å². The monoisotopic (exact) mass is 482 g/mol. The summed E-state index contributed by atoms with van der Waals surface area (Å²) in [6.07, 6.45) is 2.71. The minimum absolute atomic E-state index is 0. The van der Waals surface area contributed by atoms with Crippen LogP contribution < -0.4 is 5.32 Å². The lowest BCUT2D eigenvalue weighted by Gasteiger charge is -2.36. The van der Waals surface area contributed by atoms with E-state index in [1.54, 1.807) is 0 Å².